The van der Waals surface area contributed by atoms with Crippen molar-refractivity contribution in [2.24, 2.45) is 11.8 Å². The Morgan fingerprint density at radius 1 is 1.04 bits per heavy atom. The van der Waals surface area contributed by atoms with E-state index in [4.69, 9.17) is 18.9 Å². The molecule has 1 aliphatic carbocycles. The second kappa shape index (κ2) is 9.08. The Morgan fingerprint density at radius 2 is 1.74 bits per heavy atom. The van der Waals surface area contributed by atoms with Gasteiger partial charge in [-0.1, -0.05) is 19.9 Å². The van der Waals surface area contributed by atoms with Crippen LogP contribution in [-0.4, -0.2) is 44.6 Å². The lowest BCUT2D eigenvalue weighted by Crippen LogP contribution is -2.39. The number of nitrogens with zero attached hydrogens (tertiary/aromatic N) is 1. The third-order valence-corrected chi connectivity index (χ3v) is 4.14. The second-order valence-corrected chi connectivity index (χ2v) is 6.60. The molecule has 0 aromatic carbocycles. The van der Waals surface area contributed by atoms with Crippen molar-refractivity contribution in [1.82, 2.24) is 4.98 Å². The van der Waals surface area contributed by atoms with Crippen LogP contribution in [0.4, 0.5) is 0 Å². The Morgan fingerprint density at radius 3 is 2.43 bits per heavy atom. The molecular formula is C18H29NO4. The first-order valence-electron chi connectivity index (χ1n) is 8.39. The van der Waals surface area contributed by atoms with Gasteiger partial charge in [-0.05, 0) is 18.3 Å². The van der Waals surface area contributed by atoms with E-state index in [1.807, 2.05) is 18.2 Å². The molecule has 2 atom stereocenters. The van der Waals surface area contributed by atoms with Crippen LogP contribution in [0.3, 0.4) is 0 Å². The third kappa shape index (κ3) is 5.99. The summed E-state index contributed by atoms with van der Waals surface area (Å²) >= 11 is 0. The van der Waals surface area contributed by atoms with Crippen LogP contribution in [0, 0.1) is 11.8 Å². The van der Waals surface area contributed by atoms with Gasteiger partial charge in [0.25, 0.3) is 0 Å². The first-order valence-corrected chi connectivity index (χ1v) is 8.39. The summed E-state index contributed by atoms with van der Waals surface area (Å²) < 4.78 is 22.1. The molecule has 1 aliphatic rings. The molecule has 0 amide bonds. The molecule has 23 heavy (non-hydrogen) atoms. The van der Waals surface area contributed by atoms with E-state index in [-0.39, 0.29) is 6.10 Å². The number of pyridine rings is 1. The van der Waals surface area contributed by atoms with E-state index in [0.29, 0.717) is 36.3 Å². The number of ether oxygens (including phenoxy) is 4. The summed E-state index contributed by atoms with van der Waals surface area (Å²) in [7, 11) is 3.48. The molecule has 5 heteroatoms. The molecule has 1 heterocycles. The smallest absolute Gasteiger partial charge is 0.216 e. The van der Waals surface area contributed by atoms with Crippen LogP contribution >= 0.6 is 0 Å². The van der Waals surface area contributed by atoms with Gasteiger partial charge in [0.15, 0.2) is 0 Å². The monoisotopic (exact) mass is 323 g/mol. The van der Waals surface area contributed by atoms with Crippen molar-refractivity contribution in [2.75, 3.05) is 27.4 Å². The third-order valence-electron chi connectivity index (χ3n) is 4.14. The van der Waals surface area contributed by atoms with Crippen molar-refractivity contribution in [3.8, 4) is 11.8 Å². The lowest BCUT2D eigenvalue weighted by atomic mass is 9.92. The molecule has 1 saturated carbocycles. The Labute approximate surface area is 139 Å². The van der Waals surface area contributed by atoms with Crippen molar-refractivity contribution in [3.05, 3.63) is 18.2 Å². The molecule has 1 fully saturated rings. The van der Waals surface area contributed by atoms with Gasteiger partial charge in [0.2, 0.25) is 11.8 Å². The summed E-state index contributed by atoms with van der Waals surface area (Å²) in [5, 5.41) is 0. The minimum absolute atomic E-state index is 0.205. The summed E-state index contributed by atoms with van der Waals surface area (Å²) in [4.78, 5) is 4.42. The average Bonchev–Trinajstić information content (AvgIpc) is 2.49. The maximum absolute atomic E-state index is 5.84. The van der Waals surface area contributed by atoms with Gasteiger partial charge in [-0.15, -0.1) is 0 Å². The molecule has 5 nitrogen and oxygen atoms in total. The summed E-state index contributed by atoms with van der Waals surface area (Å²) in [5.41, 5.74) is 0. The summed E-state index contributed by atoms with van der Waals surface area (Å²) in [6, 6.07) is 5.66. The van der Waals surface area contributed by atoms with Gasteiger partial charge in [-0.2, -0.15) is 4.98 Å². The van der Waals surface area contributed by atoms with Gasteiger partial charge < -0.3 is 18.9 Å². The molecule has 0 radical (unpaired) electrons. The molecule has 2 unspecified atom stereocenters. The molecule has 0 bridgehead atoms. The number of hydrogen-bond acceptors (Lipinski definition) is 5. The Balaban J connectivity index is 1.74. The standard InChI is InChI=1S/C18H29NO4/c1-13(11-20-3)8-14(2)12-22-17-6-5-7-18(19-17)23-16-9-15(10-16)21-4/h5-7,13-16H,8-12H2,1-4H3. The molecule has 0 N–H and O–H groups in total. The van der Waals surface area contributed by atoms with E-state index in [9.17, 15) is 0 Å². The van der Waals surface area contributed by atoms with Crippen LogP contribution in [0.5, 0.6) is 11.8 Å². The zero-order chi connectivity index (χ0) is 16.7. The van der Waals surface area contributed by atoms with E-state index in [1.54, 1.807) is 14.2 Å². The van der Waals surface area contributed by atoms with E-state index in [0.717, 1.165) is 25.9 Å². The van der Waals surface area contributed by atoms with Crippen LogP contribution in [0.15, 0.2) is 18.2 Å². The van der Waals surface area contributed by atoms with Gasteiger partial charge in [0.05, 0.1) is 12.7 Å². The van der Waals surface area contributed by atoms with Gasteiger partial charge in [0.1, 0.15) is 6.10 Å². The topological polar surface area (TPSA) is 49.8 Å². The Hall–Kier alpha value is -1.33. The molecule has 0 spiro atoms. The van der Waals surface area contributed by atoms with Crippen molar-refractivity contribution >= 4 is 0 Å². The highest BCUT2D eigenvalue weighted by atomic mass is 16.5. The van der Waals surface area contributed by atoms with Crippen LogP contribution in [0.1, 0.15) is 33.1 Å². The van der Waals surface area contributed by atoms with E-state index in [2.05, 4.69) is 18.8 Å². The lowest BCUT2D eigenvalue weighted by Gasteiger charge is -2.33. The molecular weight excluding hydrogens is 294 g/mol. The number of hydrogen-bond donors (Lipinski definition) is 0. The second-order valence-electron chi connectivity index (χ2n) is 6.60. The van der Waals surface area contributed by atoms with Gasteiger partial charge >= 0.3 is 0 Å². The highest BCUT2D eigenvalue weighted by molar-refractivity contribution is 5.20. The van der Waals surface area contributed by atoms with Gasteiger partial charge in [-0.25, -0.2) is 0 Å². The fourth-order valence-electron chi connectivity index (χ4n) is 2.85. The Bertz CT molecular complexity index is 462. The first kappa shape index (κ1) is 18.0. The summed E-state index contributed by atoms with van der Waals surface area (Å²) in [6.07, 6.45) is 3.46. The van der Waals surface area contributed by atoms with Gasteiger partial charge in [-0.3, -0.25) is 0 Å². The molecule has 2 rings (SSSR count). The average molecular weight is 323 g/mol. The molecule has 1 aromatic rings. The normalized spacial score (nSPS) is 23.0. The molecule has 1 aromatic heterocycles. The van der Waals surface area contributed by atoms with Crippen LogP contribution in [-0.2, 0) is 9.47 Å². The quantitative estimate of drug-likeness (QED) is 0.661. The molecule has 0 saturated heterocycles. The maximum atomic E-state index is 5.84. The van der Waals surface area contributed by atoms with E-state index in [1.165, 1.54) is 0 Å². The number of rotatable bonds is 10. The number of methoxy groups -OCH3 is 2. The summed E-state index contributed by atoms with van der Waals surface area (Å²) in [6.45, 7) is 5.82. The van der Waals surface area contributed by atoms with Crippen molar-refractivity contribution < 1.29 is 18.9 Å². The predicted octanol–water partition coefficient (Wildman–Crippen LogP) is 3.33. The number of aromatic nitrogens is 1. The molecule has 130 valence electrons. The minimum atomic E-state index is 0.205. The van der Waals surface area contributed by atoms with Crippen molar-refractivity contribution in [1.29, 1.82) is 0 Å². The van der Waals surface area contributed by atoms with Crippen LogP contribution in [0.25, 0.3) is 0 Å². The highest BCUT2D eigenvalue weighted by Gasteiger charge is 2.31. The summed E-state index contributed by atoms with van der Waals surface area (Å²) in [5.74, 6) is 2.24. The fraction of sp³-hybridized carbons (Fsp3) is 0.722. The SMILES string of the molecule is COCC(C)CC(C)COc1cccc(OC2CC(OC)C2)n1. The van der Waals surface area contributed by atoms with E-state index >= 15 is 0 Å². The van der Waals surface area contributed by atoms with Crippen LogP contribution < -0.4 is 9.47 Å². The highest BCUT2D eigenvalue weighted by Crippen LogP contribution is 2.27. The van der Waals surface area contributed by atoms with Gasteiger partial charge in [0, 0.05) is 45.8 Å². The first-order chi connectivity index (χ1) is 11.1. The minimum Gasteiger partial charge on any atom is -0.477 e. The van der Waals surface area contributed by atoms with E-state index < -0.39 is 0 Å². The maximum Gasteiger partial charge on any atom is 0.216 e. The zero-order valence-electron chi connectivity index (χ0n) is 14.7. The molecule has 0 aliphatic heterocycles. The zero-order valence-corrected chi connectivity index (χ0v) is 14.7. The van der Waals surface area contributed by atoms with Crippen molar-refractivity contribution in [3.63, 3.8) is 0 Å². The lowest BCUT2D eigenvalue weighted by molar-refractivity contribution is -0.0398. The predicted molar refractivity (Wildman–Crippen MR) is 89.0 cm³/mol. The van der Waals surface area contributed by atoms with Crippen molar-refractivity contribution in [2.45, 2.75) is 45.3 Å². The van der Waals surface area contributed by atoms with Crippen LogP contribution in [0.2, 0.25) is 0 Å². The Kier molecular flexibility index (Phi) is 7.12. The largest absolute Gasteiger partial charge is 0.477 e. The fourth-order valence-corrected chi connectivity index (χ4v) is 2.85.